The van der Waals surface area contributed by atoms with E-state index in [-0.39, 0.29) is 17.8 Å². The fourth-order valence-electron chi connectivity index (χ4n) is 2.06. The first kappa shape index (κ1) is 17.0. The second kappa shape index (κ2) is 8.29. The van der Waals surface area contributed by atoms with Gasteiger partial charge in [-0.1, -0.05) is 19.1 Å². The van der Waals surface area contributed by atoms with E-state index in [1.54, 1.807) is 26.0 Å². The van der Waals surface area contributed by atoms with Crippen molar-refractivity contribution in [2.24, 2.45) is 5.92 Å². The fraction of sp³-hybridized carbons (Fsp3) is 0.500. The lowest BCUT2D eigenvalue weighted by molar-refractivity contribution is -0.146. The molecule has 0 aliphatic carbocycles. The topological polar surface area (TPSA) is 55.8 Å². The summed E-state index contributed by atoms with van der Waals surface area (Å²) in [7, 11) is 4.67. The molecule has 1 atom stereocenters. The molecule has 1 rings (SSSR count). The lowest BCUT2D eigenvalue weighted by Gasteiger charge is -2.20. The molecule has 1 aromatic rings. The summed E-state index contributed by atoms with van der Waals surface area (Å²) < 4.78 is 9.81. The van der Waals surface area contributed by atoms with Crippen molar-refractivity contribution in [1.29, 1.82) is 0 Å². The number of carbonyl (C=O) groups is 2. The number of nitrogens with zero attached hydrogens (tertiary/aromatic N) is 1. The Kier molecular flexibility index (Phi) is 6.72. The number of hydrogen-bond acceptors (Lipinski definition) is 4. The first-order valence-corrected chi connectivity index (χ1v) is 6.92. The van der Waals surface area contributed by atoms with Crippen LogP contribution in [0.4, 0.5) is 0 Å². The molecule has 0 bridgehead atoms. The molecule has 0 aliphatic rings. The molecule has 0 saturated carbocycles. The summed E-state index contributed by atoms with van der Waals surface area (Å²) in [5, 5.41) is 0. The van der Waals surface area contributed by atoms with Gasteiger partial charge in [0, 0.05) is 20.0 Å². The third-order valence-corrected chi connectivity index (χ3v) is 3.34. The van der Waals surface area contributed by atoms with Crippen molar-refractivity contribution in [3.8, 4) is 5.75 Å². The number of benzene rings is 1. The van der Waals surface area contributed by atoms with Gasteiger partial charge in [-0.05, 0) is 24.1 Å². The van der Waals surface area contributed by atoms with Gasteiger partial charge in [0.1, 0.15) is 5.75 Å². The predicted molar refractivity (Wildman–Crippen MR) is 80.1 cm³/mol. The van der Waals surface area contributed by atoms with Gasteiger partial charge in [0.2, 0.25) is 5.91 Å². The highest BCUT2D eigenvalue weighted by Gasteiger charge is 2.18. The molecule has 116 valence electrons. The molecular formula is C16H23NO4. The van der Waals surface area contributed by atoms with E-state index in [0.717, 1.165) is 11.3 Å². The molecular weight excluding hydrogens is 270 g/mol. The molecule has 0 N–H and O–H groups in total. The van der Waals surface area contributed by atoms with Gasteiger partial charge in [-0.15, -0.1) is 0 Å². The Balaban J connectivity index is 2.47. The number of rotatable bonds is 7. The van der Waals surface area contributed by atoms with Crippen LogP contribution in [-0.4, -0.2) is 44.6 Å². The average Bonchev–Trinajstić information content (AvgIpc) is 2.51. The molecule has 1 amide bonds. The van der Waals surface area contributed by atoms with Crippen LogP contribution in [0.1, 0.15) is 18.9 Å². The molecule has 1 unspecified atom stereocenters. The number of ether oxygens (including phenoxy) is 2. The molecule has 0 saturated heterocycles. The minimum atomic E-state index is -0.319. The molecule has 0 radical (unpaired) electrons. The minimum Gasteiger partial charge on any atom is -0.497 e. The van der Waals surface area contributed by atoms with Crippen molar-refractivity contribution in [2.45, 2.75) is 19.8 Å². The van der Waals surface area contributed by atoms with Gasteiger partial charge in [0.25, 0.3) is 0 Å². The average molecular weight is 293 g/mol. The first-order valence-electron chi connectivity index (χ1n) is 6.92. The Morgan fingerprint density at radius 2 is 2.00 bits per heavy atom. The van der Waals surface area contributed by atoms with Crippen molar-refractivity contribution in [1.82, 2.24) is 4.90 Å². The number of hydrogen-bond donors (Lipinski definition) is 0. The summed E-state index contributed by atoms with van der Waals surface area (Å²) in [5.41, 5.74) is 1.05. The molecule has 1 aromatic carbocycles. The van der Waals surface area contributed by atoms with Crippen LogP contribution in [0.5, 0.6) is 5.75 Å². The van der Waals surface area contributed by atoms with Crippen LogP contribution >= 0.6 is 0 Å². The van der Waals surface area contributed by atoms with E-state index >= 15 is 0 Å². The van der Waals surface area contributed by atoms with E-state index in [0.29, 0.717) is 19.4 Å². The Morgan fingerprint density at radius 1 is 1.29 bits per heavy atom. The zero-order chi connectivity index (χ0) is 15.8. The largest absolute Gasteiger partial charge is 0.497 e. The quantitative estimate of drug-likeness (QED) is 0.720. The van der Waals surface area contributed by atoms with Crippen LogP contribution in [0.25, 0.3) is 0 Å². The summed E-state index contributed by atoms with van der Waals surface area (Å²) >= 11 is 0. The van der Waals surface area contributed by atoms with Crippen molar-refractivity contribution in [3.05, 3.63) is 29.8 Å². The predicted octanol–water partition coefficient (Wildman–Crippen LogP) is 1.90. The molecule has 0 aliphatic heterocycles. The SMILES string of the molecule is COC(=O)C(C)CN(C)C(=O)CCc1cccc(OC)c1. The van der Waals surface area contributed by atoms with Crippen LogP contribution in [-0.2, 0) is 20.7 Å². The van der Waals surface area contributed by atoms with E-state index in [2.05, 4.69) is 4.74 Å². The van der Waals surface area contributed by atoms with E-state index in [1.807, 2.05) is 24.3 Å². The maximum Gasteiger partial charge on any atom is 0.310 e. The zero-order valence-corrected chi connectivity index (χ0v) is 13.1. The minimum absolute atomic E-state index is 0.00794. The Labute approximate surface area is 125 Å². The van der Waals surface area contributed by atoms with Crippen LogP contribution in [0, 0.1) is 5.92 Å². The molecule has 5 heteroatoms. The van der Waals surface area contributed by atoms with Crippen molar-refractivity contribution in [2.75, 3.05) is 27.8 Å². The lowest BCUT2D eigenvalue weighted by Crippen LogP contribution is -2.34. The fourth-order valence-corrected chi connectivity index (χ4v) is 2.06. The highest BCUT2D eigenvalue weighted by molar-refractivity contribution is 5.77. The maximum absolute atomic E-state index is 12.1. The van der Waals surface area contributed by atoms with E-state index < -0.39 is 0 Å². The molecule has 0 heterocycles. The zero-order valence-electron chi connectivity index (χ0n) is 13.1. The Morgan fingerprint density at radius 3 is 2.62 bits per heavy atom. The number of carbonyl (C=O) groups excluding carboxylic acids is 2. The van der Waals surface area contributed by atoms with Gasteiger partial charge >= 0.3 is 5.97 Å². The number of methoxy groups -OCH3 is 2. The molecule has 0 spiro atoms. The Hall–Kier alpha value is -2.04. The Bertz CT molecular complexity index is 487. The second-order valence-corrected chi connectivity index (χ2v) is 5.05. The smallest absolute Gasteiger partial charge is 0.310 e. The van der Waals surface area contributed by atoms with Crippen LogP contribution in [0.2, 0.25) is 0 Å². The molecule has 0 fully saturated rings. The van der Waals surface area contributed by atoms with Crippen molar-refractivity contribution in [3.63, 3.8) is 0 Å². The summed E-state index contributed by atoms with van der Waals surface area (Å²) in [6.07, 6.45) is 1.05. The monoisotopic (exact) mass is 293 g/mol. The van der Waals surface area contributed by atoms with Crippen LogP contribution in [0.3, 0.4) is 0 Å². The van der Waals surface area contributed by atoms with Gasteiger partial charge < -0.3 is 14.4 Å². The summed E-state index contributed by atoms with van der Waals surface area (Å²) in [6, 6.07) is 7.66. The molecule has 0 aromatic heterocycles. The van der Waals surface area contributed by atoms with E-state index in [9.17, 15) is 9.59 Å². The van der Waals surface area contributed by atoms with Gasteiger partial charge in [0.05, 0.1) is 20.1 Å². The third kappa shape index (κ3) is 5.45. The standard InChI is InChI=1S/C16H23NO4/c1-12(16(19)21-4)11-17(2)15(18)9-8-13-6-5-7-14(10-13)20-3/h5-7,10,12H,8-9,11H2,1-4H3. The molecule has 5 nitrogen and oxygen atoms in total. The first-order chi connectivity index (χ1) is 9.97. The van der Waals surface area contributed by atoms with Gasteiger partial charge in [-0.2, -0.15) is 0 Å². The van der Waals surface area contributed by atoms with Crippen molar-refractivity contribution < 1.29 is 19.1 Å². The number of amides is 1. The van der Waals surface area contributed by atoms with Gasteiger partial charge in [-0.3, -0.25) is 9.59 Å². The summed E-state index contributed by atoms with van der Waals surface area (Å²) in [5.74, 6) is 0.171. The number of esters is 1. The normalized spacial score (nSPS) is 11.6. The van der Waals surface area contributed by atoms with E-state index in [4.69, 9.17) is 4.74 Å². The highest BCUT2D eigenvalue weighted by atomic mass is 16.5. The van der Waals surface area contributed by atoms with Gasteiger partial charge in [0.15, 0.2) is 0 Å². The van der Waals surface area contributed by atoms with Crippen LogP contribution < -0.4 is 4.74 Å². The number of aryl methyl sites for hydroxylation is 1. The maximum atomic E-state index is 12.1. The highest BCUT2D eigenvalue weighted by Crippen LogP contribution is 2.14. The molecule has 21 heavy (non-hydrogen) atoms. The van der Waals surface area contributed by atoms with Crippen molar-refractivity contribution >= 4 is 11.9 Å². The second-order valence-electron chi connectivity index (χ2n) is 5.05. The van der Waals surface area contributed by atoms with Gasteiger partial charge in [-0.25, -0.2) is 0 Å². The summed E-state index contributed by atoms with van der Waals surface area (Å²) in [4.78, 5) is 25.0. The summed E-state index contributed by atoms with van der Waals surface area (Å²) in [6.45, 7) is 2.11. The third-order valence-electron chi connectivity index (χ3n) is 3.34. The lowest BCUT2D eigenvalue weighted by atomic mass is 10.1. The van der Waals surface area contributed by atoms with Crippen LogP contribution in [0.15, 0.2) is 24.3 Å². The van der Waals surface area contributed by atoms with E-state index in [1.165, 1.54) is 7.11 Å².